The fraction of sp³-hybridized carbons (Fsp3) is 0.818. The highest BCUT2D eigenvalue weighted by Gasteiger charge is 2.55. The third kappa shape index (κ3) is 2.16. The first kappa shape index (κ1) is 16.3. The molecule has 0 aliphatic heterocycles. The molecule has 0 heteroatoms. The molecule has 0 saturated heterocycles. The van der Waals surface area contributed by atoms with Crippen LogP contribution in [0.3, 0.4) is 0 Å². The van der Waals surface area contributed by atoms with Gasteiger partial charge in [-0.3, -0.25) is 0 Å². The van der Waals surface area contributed by atoms with E-state index in [2.05, 4.69) is 32.9 Å². The number of hydrogen-bond donors (Lipinski definition) is 0. The molecule has 0 aromatic rings. The van der Waals surface area contributed by atoms with E-state index in [0.29, 0.717) is 10.8 Å². The first-order valence-electron chi connectivity index (χ1n) is 9.92. The van der Waals surface area contributed by atoms with Crippen LogP contribution in [0, 0.1) is 28.6 Å². The van der Waals surface area contributed by atoms with Gasteiger partial charge in [-0.15, -0.1) is 0 Å². The van der Waals surface area contributed by atoms with Gasteiger partial charge in [0.1, 0.15) is 0 Å². The molecule has 0 spiro atoms. The summed E-state index contributed by atoms with van der Waals surface area (Å²) in [5, 5.41) is 0. The van der Waals surface area contributed by atoms with E-state index in [1.54, 1.807) is 5.57 Å². The van der Waals surface area contributed by atoms with Crippen LogP contribution in [0.5, 0.6) is 0 Å². The lowest BCUT2D eigenvalue weighted by Crippen LogP contribution is -2.48. The van der Waals surface area contributed by atoms with Gasteiger partial charge in [0.05, 0.1) is 0 Å². The zero-order chi connectivity index (χ0) is 16.0. The van der Waals surface area contributed by atoms with Crippen LogP contribution in [0.25, 0.3) is 0 Å². The minimum atomic E-state index is 0.539. The van der Waals surface area contributed by atoms with Crippen LogP contribution in [0.4, 0.5) is 0 Å². The van der Waals surface area contributed by atoms with Crippen LogP contribution in [-0.2, 0) is 0 Å². The molecule has 5 unspecified atom stereocenters. The molecule has 2 saturated carbocycles. The highest BCUT2D eigenvalue weighted by Crippen LogP contribution is 2.64. The SMILES string of the molecule is CC.CC1=CCC2C3CC=C4CCCCC4(C)C3CCC12C. The Bertz CT molecular complexity index is 482. The lowest BCUT2D eigenvalue weighted by molar-refractivity contribution is -0.0166. The average molecular weight is 301 g/mol. The monoisotopic (exact) mass is 300 g/mol. The summed E-state index contributed by atoms with van der Waals surface area (Å²) in [7, 11) is 0. The van der Waals surface area contributed by atoms with E-state index in [9.17, 15) is 0 Å². The molecule has 0 bridgehead atoms. The summed E-state index contributed by atoms with van der Waals surface area (Å²) >= 11 is 0. The molecule has 0 aromatic heterocycles. The second-order valence-electron chi connectivity index (χ2n) is 8.55. The molecule has 0 N–H and O–H groups in total. The van der Waals surface area contributed by atoms with Gasteiger partial charge >= 0.3 is 0 Å². The molecule has 0 aromatic carbocycles. The fourth-order valence-electron chi connectivity index (χ4n) is 6.48. The van der Waals surface area contributed by atoms with Gasteiger partial charge in [0.2, 0.25) is 0 Å². The van der Waals surface area contributed by atoms with Crippen LogP contribution in [0.15, 0.2) is 23.3 Å². The van der Waals surface area contributed by atoms with Gasteiger partial charge in [0, 0.05) is 0 Å². The third-order valence-electron chi connectivity index (χ3n) is 7.99. The van der Waals surface area contributed by atoms with Crippen molar-refractivity contribution in [1.82, 2.24) is 0 Å². The Hall–Kier alpha value is -0.520. The molecular weight excluding hydrogens is 264 g/mol. The summed E-state index contributed by atoms with van der Waals surface area (Å²) in [5.74, 6) is 2.90. The first-order valence-corrected chi connectivity index (χ1v) is 9.92. The molecule has 0 heterocycles. The molecular formula is C22H36. The Morgan fingerprint density at radius 2 is 1.68 bits per heavy atom. The van der Waals surface area contributed by atoms with Gasteiger partial charge in [0.15, 0.2) is 0 Å². The quantitative estimate of drug-likeness (QED) is 0.426. The molecule has 2 fully saturated rings. The van der Waals surface area contributed by atoms with Crippen molar-refractivity contribution in [2.75, 3.05) is 0 Å². The molecule has 0 amide bonds. The van der Waals surface area contributed by atoms with E-state index in [0.717, 1.165) is 17.8 Å². The highest BCUT2D eigenvalue weighted by atomic mass is 14.6. The molecule has 124 valence electrons. The average Bonchev–Trinajstić information content (AvgIpc) is 2.84. The van der Waals surface area contributed by atoms with Crippen LogP contribution in [0.2, 0.25) is 0 Å². The minimum absolute atomic E-state index is 0.539. The van der Waals surface area contributed by atoms with Crippen molar-refractivity contribution in [3.8, 4) is 0 Å². The molecule has 5 atom stereocenters. The molecule has 0 radical (unpaired) electrons. The number of hydrogen-bond acceptors (Lipinski definition) is 0. The van der Waals surface area contributed by atoms with Crippen molar-refractivity contribution in [2.24, 2.45) is 28.6 Å². The maximum Gasteiger partial charge on any atom is -0.00850 e. The van der Waals surface area contributed by atoms with E-state index in [4.69, 9.17) is 0 Å². The summed E-state index contributed by atoms with van der Waals surface area (Å²) in [6.07, 6.45) is 16.7. The standard InChI is InChI=1S/C20H30.C2H6/c1-14-7-10-17-16-9-8-15-6-4-5-12-20(15,3)18(16)11-13-19(14,17)2;1-2/h7-8,16-18H,4-6,9-13H2,1-3H3;1-2H3. The van der Waals surface area contributed by atoms with Crippen molar-refractivity contribution in [3.63, 3.8) is 0 Å². The van der Waals surface area contributed by atoms with E-state index in [-0.39, 0.29) is 0 Å². The van der Waals surface area contributed by atoms with Gasteiger partial charge in [0.25, 0.3) is 0 Å². The summed E-state index contributed by atoms with van der Waals surface area (Å²) in [6.45, 7) is 11.6. The largest absolute Gasteiger partial charge is 0.0847 e. The van der Waals surface area contributed by atoms with Crippen LogP contribution in [-0.4, -0.2) is 0 Å². The normalized spacial score (nSPS) is 46.3. The predicted octanol–water partition coefficient (Wildman–Crippen LogP) is 6.92. The smallest absolute Gasteiger partial charge is 0.00850 e. The van der Waals surface area contributed by atoms with Crippen LogP contribution < -0.4 is 0 Å². The molecule has 4 aliphatic rings. The van der Waals surface area contributed by atoms with E-state index >= 15 is 0 Å². The van der Waals surface area contributed by atoms with Crippen LogP contribution in [0.1, 0.15) is 86.0 Å². The Kier molecular flexibility index (Phi) is 4.34. The lowest BCUT2D eigenvalue weighted by atomic mass is 9.47. The van der Waals surface area contributed by atoms with Gasteiger partial charge in [-0.05, 0) is 80.5 Å². The van der Waals surface area contributed by atoms with Crippen LogP contribution >= 0.6 is 0 Å². The lowest BCUT2D eigenvalue weighted by Gasteiger charge is -2.57. The number of allylic oxidation sites excluding steroid dienone is 4. The molecule has 22 heavy (non-hydrogen) atoms. The fourth-order valence-corrected chi connectivity index (χ4v) is 6.48. The second-order valence-corrected chi connectivity index (χ2v) is 8.55. The highest BCUT2D eigenvalue weighted by molar-refractivity contribution is 5.28. The van der Waals surface area contributed by atoms with Crippen molar-refractivity contribution >= 4 is 0 Å². The molecule has 0 nitrogen and oxygen atoms in total. The summed E-state index contributed by atoms with van der Waals surface area (Å²) in [4.78, 5) is 0. The minimum Gasteiger partial charge on any atom is -0.0847 e. The third-order valence-corrected chi connectivity index (χ3v) is 7.99. The van der Waals surface area contributed by atoms with Crippen molar-refractivity contribution < 1.29 is 0 Å². The van der Waals surface area contributed by atoms with Gasteiger partial charge in [-0.1, -0.05) is 57.4 Å². The summed E-state index contributed by atoms with van der Waals surface area (Å²) < 4.78 is 0. The maximum atomic E-state index is 2.68. The van der Waals surface area contributed by atoms with Crippen molar-refractivity contribution in [2.45, 2.75) is 86.0 Å². The maximum absolute atomic E-state index is 2.68. The van der Waals surface area contributed by atoms with Gasteiger partial charge in [-0.2, -0.15) is 0 Å². The second kappa shape index (κ2) is 5.84. The Labute approximate surface area is 138 Å². The van der Waals surface area contributed by atoms with E-state index in [1.165, 1.54) is 51.4 Å². The predicted molar refractivity (Wildman–Crippen MR) is 96.8 cm³/mol. The Balaban J connectivity index is 0.000000693. The van der Waals surface area contributed by atoms with Crippen molar-refractivity contribution in [3.05, 3.63) is 23.3 Å². The van der Waals surface area contributed by atoms with Crippen molar-refractivity contribution in [1.29, 1.82) is 0 Å². The topological polar surface area (TPSA) is 0 Å². The van der Waals surface area contributed by atoms with E-state index < -0.39 is 0 Å². The van der Waals surface area contributed by atoms with Gasteiger partial charge < -0.3 is 0 Å². The Morgan fingerprint density at radius 3 is 2.45 bits per heavy atom. The summed E-state index contributed by atoms with van der Waals surface area (Å²) in [5.41, 5.74) is 4.65. The zero-order valence-electron chi connectivity index (χ0n) is 15.5. The number of fused-ring (bicyclic) bond motifs is 5. The number of rotatable bonds is 0. The first-order chi connectivity index (χ1) is 10.6. The Morgan fingerprint density at radius 1 is 0.909 bits per heavy atom. The van der Waals surface area contributed by atoms with E-state index in [1.807, 2.05) is 19.4 Å². The zero-order valence-corrected chi connectivity index (χ0v) is 15.5. The molecule has 4 rings (SSSR count). The summed E-state index contributed by atoms with van der Waals surface area (Å²) in [6, 6.07) is 0. The van der Waals surface area contributed by atoms with Gasteiger partial charge in [-0.25, -0.2) is 0 Å². The molecule has 4 aliphatic carbocycles.